The van der Waals surface area contributed by atoms with E-state index < -0.39 is 0 Å². The Hall–Kier alpha value is -1.82. The van der Waals surface area contributed by atoms with Crippen molar-refractivity contribution in [2.75, 3.05) is 24.5 Å². The highest BCUT2D eigenvalue weighted by Gasteiger charge is 2.20. The Morgan fingerprint density at radius 2 is 2.16 bits per heavy atom. The summed E-state index contributed by atoms with van der Waals surface area (Å²) in [7, 11) is 1.96. The van der Waals surface area contributed by atoms with Crippen molar-refractivity contribution in [2.45, 2.75) is 46.5 Å². The van der Waals surface area contributed by atoms with E-state index in [2.05, 4.69) is 35.2 Å². The number of thiophene rings is 1. The first-order chi connectivity index (χ1) is 12.0. The van der Waals surface area contributed by atoms with Crippen LogP contribution in [0.3, 0.4) is 0 Å². The van der Waals surface area contributed by atoms with Gasteiger partial charge in [-0.2, -0.15) is 5.10 Å². The number of fused-ring (bicyclic) bond motifs is 1. The first-order valence-corrected chi connectivity index (χ1v) is 9.97. The molecule has 136 valence electrons. The van der Waals surface area contributed by atoms with E-state index in [1.807, 2.05) is 18.7 Å². The molecule has 25 heavy (non-hydrogen) atoms. The van der Waals surface area contributed by atoms with E-state index in [0.29, 0.717) is 6.54 Å². The molecule has 0 unspecified atom stereocenters. The Morgan fingerprint density at radius 1 is 1.36 bits per heavy atom. The molecule has 0 radical (unpaired) electrons. The highest BCUT2D eigenvalue weighted by Crippen LogP contribution is 2.35. The zero-order valence-electron chi connectivity index (χ0n) is 15.7. The number of aromatic nitrogens is 2. The van der Waals surface area contributed by atoms with Gasteiger partial charge in [-0.15, -0.1) is 11.3 Å². The van der Waals surface area contributed by atoms with Crippen molar-refractivity contribution in [2.24, 2.45) is 7.05 Å². The summed E-state index contributed by atoms with van der Waals surface area (Å²) in [4.78, 5) is 15.8. The van der Waals surface area contributed by atoms with Gasteiger partial charge >= 0.3 is 0 Å². The van der Waals surface area contributed by atoms with Crippen LogP contribution in [0.15, 0.2) is 6.07 Å². The average molecular weight is 361 g/mol. The number of carbonyl (C=O) groups is 1. The number of hydrogen-bond donors (Lipinski definition) is 1. The fraction of sp³-hybridized carbons (Fsp3) is 0.579. The number of hydrogen-bond acceptors (Lipinski definition) is 4. The van der Waals surface area contributed by atoms with Crippen LogP contribution in [0.2, 0.25) is 0 Å². The molecule has 0 bridgehead atoms. The van der Waals surface area contributed by atoms with Gasteiger partial charge in [-0.25, -0.2) is 0 Å². The third-order valence-corrected chi connectivity index (χ3v) is 6.36. The second kappa shape index (κ2) is 7.60. The summed E-state index contributed by atoms with van der Waals surface area (Å²) < 4.78 is 1.90. The second-order valence-electron chi connectivity index (χ2n) is 6.76. The maximum atomic E-state index is 12.6. The van der Waals surface area contributed by atoms with E-state index in [9.17, 15) is 4.79 Å². The van der Waals surface area contributed by atoms with Gasteiger partial charge in [0.2, 0.25) is 0 Å². The summed E-state index contributed by atoms with van der Waals surface area (Å²) in [6, 6.07) is 2.10. The molecule has 3 rings (SSSR count). The minimum absolute atomic E-state index is 0.0494. The second-order valence-corrected chi connectivity index (χ2v) is 7.79. The van der Waals surface area contributed by atoms with Crippen molar-refractivity contribution in [3.63, 3.8) is 0 Å². The monoisotopic (exact) mass is 360 g/mol. The zero-order chi connectivity index (χ0) is 18.0. The fourth-order valence-corrected chi connectivity index (χ4v) is 4.78. The van der Waals surface area contributed by atoms with E-state index in [0.717, 1.165) is 36.5 Å². The first-order valence-electron chi connectivity index (χ1n) is 9.16. The minimum atomic E-state index is 0.0494. The number of aryl methyl sites for hydroxylation is 3. The van der Waals surface area contributed by atoms with Crippen LogP contribution in [0.5, 0.6) is 0 Å². The van der Waals surface area contributed by atoms with Crippen molar-refractivity contribution in [1.29, 1.82) is 0 Å². The van der Waals surface area contributed by atoms with Gasteiger partial charge in [-0.3, -0.25) is 9.48 Å². The van der Waals surface area contributed by atoms with Crippen LogP contribution in [-0.2, 0) is 19.9 Å². The summed E-state index contributed by atoms with van der Waals surface area (Å²) in [5.74, 6) is 0.0494. The molecule has 1 aliphatic rings. The molecule has 0 saturated carbocycles. The Bertz CT molecular complexity index is 762. The van der Waals surface area contributed by atoms with E-state index in [4.69, 9.17) is 0 Å². The molecule has 1 N–H and O–H groups in total. The molecular weight excluding hydrogens is 332 g/mol. The lowest BCUT2D eigenvalue weighted by Gasteiger charge is -2.19. The van der Waals surface area contributed by atoms with Gasteiger partial charge in [0.15, 0.2) is 0 Å². The lowest BCUT2D eigenvalue weighted by molar-refractivity contribution is 0.0958. The van der Waals surface area contributed by atoms with Crippen LogP contribution in [0.25, 0.3) is 0 Å². The van der Waals surface area contributed by atoms with Crippen LogP contribution in [0.4, 0.5) is 5.00 Å². The Morgan fingerprint density at radius 3 is 2.84 bits per heavy atom. The highest BCUT2D eigenvalue weighted by molar-refractivity contribution is 7.18. The first kappa shape index (κ1) is 18.0. The number of carbonyl (C=O) groups excluding carboxylic acids is 1. The SMILES string of the molecule is CCN1CCCCc2cc(C(=O)NCCc3c(C)nn(C)c3C)sc21. The topological polar surface area (TPSA) is 50.2 Å². The van der Waals surface area contributed by atoms with Gasteiger partial charge < -0.3 is 10.2 Å². The Balaban J connectivity index is 1.64. The lowest BCUT2D eigenvalue weighted by atomic mass is 10.1. The Labute approximate surface area is 154 Å². The number of amides is 1. The summed E-state index contributed by atoms with van der Waals surface area (Å²) in [6.45, 7) is 9.05. The molecule has 2 aromatic rings. The summed E-state index contributed by atoms with van der Waals surface area (Å²) in [6.07, 6.45) is 4.36. The molecule has 0 spiro atoms. The molecule has 0 fully saturated rings. The maximum absolute atomic E-state index is 12.6. The van der Waals surface area contributed by atoms with E-state index in [1.54, 1.807) is 11.3 Å². The van der Waals surface area contributed by atoms with Crippen molar-refractivity contribution in [3.05, 3.63) is 33.5 Å². The molecule has 1 aliphatic heterocycles. The zero-order valence-corrected chi connectivity index (χ0v) is 16.5. The highest BCUT2D eigenvalue weighted by atomic mass is 32.1. The number of anilines is 1. The molecule has 6 heteroatoms. The number of nitrogens with zero attached hydrogens (tertiary/aromatic N) is 3. The van der Waals surface area contributed by atoms with Gasteiger partial charge in [0.25, 0.3) is 5.91 Å². The molecular formula is C19H28N4OS. The third-order valence-electron chi connectivity index (χ3n) is 5.12. The van der Waals surface area contributed by atoms with Gasteiger partial charge in [0.05, 0.1) is 15.6 Å². The number of nitrogens with one attached hydrogen (secondary N) is 1. The standard InChI is InChI=1S/C19H28N4OS/c1-5-23-11-7-6-8-15-12-17(25-19(15)23)18(24)20-10-9-16-13(2)21-22(4)14(16)3/h12H,5-11H2,1-4H3,(H,20,24). The van der Waals surface area contributed by atoms with Gasteiger partial charge in [-0.1, -0.05) is 0 Å². The van der Waals surface area contributed by atoms with Crippen LogP contribution in [0.1, 0.15) is 52.0 Å². The predicted molar refractivity (Wildman–Crippen MR) is 104 cm³/mol. The fourth-order valence-electron chi connectivity index (χ4n) is 3.57. The molecule has 0 aromatic carbocycles. The quantitative estimate of drug-likeness (QED) is 0.891. The minimum Gasteiger partial charge on any atom is -0.363 e. The van der Waals surface area contributed by atoms with Gasteiger partial charge in [-0.05, 0) is 63.6 Å². The number of rotatable bonds is 5. The smallest absolute Gasteiger partial charge is 0.261 e. The summed E-state index contributed by atoms with van der Waals surface area (Å²) in [5, 5.41) is 8.82. The molecule has 5 nitrogen and oxygen atoms in total. The van der Waals surface area contributed by atoms with Crippen LogP contribution in [0, 0.1) is 13.8 Å². The molecule has 1 amide bonds. The van der Waals surface area contributed by atoms with Crippen molar-refractivity contribution < 1.29 is 4.79 Å². The molecule has 0 atom stereocenters. The summed E-state index contributed by atoms with van der Waals surface area (Å²) in [5.41, 5.74) is 4.80. The predicted octanol–water partition coefficient (Wildman–Crippen LogP) is 3.23. The lowest BCUT2D eigenvalue weighted by Crippen LogP contribution is -2.25. The Kier molecular flexibility index (Phi) is 5.47. The van der Waals surface area contributed by atoms with Crippen molar-refractivity contribution in [3.8, 4) is 0 Å². The normalized spacial score (nSPS) is 14.3. The van der Waals surface area contributed by atoms with Gasteiger partial charge in [0.1, 0.15) is 0 Å². The van der Waals surface area contributed by atoms with E-state index in [1.165, 1.54) is 34.7 Å². The molecule has 0 saturated heterocycles. The van der Waals surface area contributed by atoms with Crippen molar-refractivity contribution >= 4 is 22.2 Å². The maximum Gasteiger partial charge on any atom is 0.261 e. The third kappa shape index (κ3) is 3.73. The van der Waals surface area contributed by atoms with E-state index in [-0.39, 0.29) is 5.91 Å². The molecule has 3 heterocycles. The van der Waals surface area contributed by atoms with Crippen molar-refractivity contribution in [1.82, 2.24) is 15.1 Å². The van der Waals surface area contributed by atoms with E-state index >= 15 is 0 Å². The molecule has 0 aliphatic carbocycles. The van der Waals surface area contributed by atoms with Gasteiger partial charge in [0, 0.05) is 32.4 Å². The van der Waals surface area contributed by atoms with Crippen LogP contribution < -0.4 is 10.2 Å². The summed E-state index contributed by atoms with van der Waals surface area (Å²) >= 11 is 1.64. The van der Waals surface area contributed by atoms with Crippen LogP contribution in [-0.4, -0.2) is 35.3 Å². The van der Waals surface area contributed by atoms with Crippen LogP contribution >= 0.6 is 11.3 Å². The average Bonchev–Trinajstić information content (AvgIpc) is 3.04. The largest absolute Gasteiger partial charge is 0.363 e. The molecule has 2 aromatic heterocycles.